The van der Waals surface area contributed by atoms with E-state index in [1.54, 1.807) is 0 Å². The molecule has 0 fully saturated rings. The fraction of sp³-hybridized carbons (Fsp3) is 1.00. The van der Waals surface area contributed by atoms with Crippen molar-refractivity contribution in [2.75, 3.05) is 19.8 Å². The second-order valence-corrected chi connectivity index (χ2v) is 9.58. The van der Waals surface area contributed by atoms with E-state index in [0.29, 0.717) is 10.3 Å². The first-order valence-electron chi connectivity index (χ1n) is 5.12. The van der Waals surface area contributed by atoms with E-state index < -0.39 is 0 Å². The maximum atomic E-state index is 3.26. The first-order valence-corrected chi connectivity index (χ1v) is 6.64. The van der Waals surface area contributed by atoms with Crippen LogP contribution < -0.4 is 5.32 Å². The Kier molecular flexibility index (Phi) is 7.69. The van der Waals surface area contributed by atoms with Gasteiger partial charge in [-0.1, -0.05) is 49.5 Å². The number of hydrogen-bond acceptors (Lipinski definition) is 1. The Morgan fingerprint density at radius 2 is 1.29 bits per heavy atom. The molecule has 0 aromatic carbocycles. The molecule has 0 radical (unpaired) electrons. The van der Waals surface area contributed by atoms with Crippen LogP contribution in [0.5, 0.6) is 0 Å². The Bertz CT molecular complexity index is 132. The van der Waals surface area contributed by atoms with Gasteiger partial charge in [0, 0.05) is 0 Å². The summed E-state index contributed by atoms with van der Waals surface area (Å²) in [5.41, 5.74) is 0. The van der Waals surface area contributed by atoms with Crippen molar-refractivity contribution in [3.63, 3.8) is 0 Å². The van der Waals surface area contributed by atoms with Crippen molar-refractivity contribution < 1.29 is 0 Å². The van der Waals surface area contributed by atoms with Gasteiger partial charge in [0.2, 0.25) is 0 Å². The molecule has 0 saturated carbocycles. The van der Waals surface area contributed by atoms with Gasteiger partial charge in [-0.25, -0.2) is 0 Å². The fourth-order valence-corrected chi connectivity index (χ4v) is 5.70. The van der Waals surface area contributed by atoms with E-state index in [9.17, 15) is 0 Å². The number of hydrogen-bond donors (Lipinski definition) is 1. The van der Waals surface area contributed by atoms with Crippen molar-refractivity contribution >= 4 is 20.3 Å². The monoisotopic (exact) mass is 239 g/mol. The van der Waals surface area contributed by atoms with Gasteiger partial charge in [0.1, 0.15) is 0 Å². The van der Waals surface area contributed by atoms with Crippen molar-refractivity contribution in [3.8, 4) is 0 Å². The zero-order valence-electron chi connectivity index (χ0n) is 10.8. The van der Waals surface area contributed by atoms with E-state index in [1.165, 1.54) is 6.16 Å². The van der Waals surface area contributed by atoms with E-state index in [4.69, 9.17) is 0 Å². The van der Waals surface area contributed by atoms with Gasteiger partial charge in [0.05, 0.1) is 0 Å². The highest BCUT2D eigenvalue weighted by Crippen LogP contribution is 2.58. The van der Waals surface area contributed by atoms with E-state index in [1.807, 2.05) is 7.05 Å². The number of nitrogens with one attached hydrogen (secondary N) is 1. The minimum absolute atomic E-state index is 0. The predicted octanol–water partition coefficient (Wildman–Crippen LogP) is 3.71. The highest BCUT2D eigenvalue weighted by atomic mass is 35.5. The number of rotatable bonds is 3. The van der Waals surface area contributed by atoms with E-state index >= 15 is 0 Å². The largest absolute Gasteiger partial charge is 0.319 e. The highest BCUT2D eigenvalue weighted by molar-refractivity contribution is 7.60. The lowest BCUT2D eigenvalue weighted by Crippen LogP contribution is -2.29. The molecular weight excluding hydrogens is 213 g/mol. The van der Waals surface area contributed by atoms with Gasteiger partial charge in [-0.15, -0.1) is 12.4 Å². The normalized spacial score (nSPS) is 12.9. The molecule has 0 atom stereocenters. The zero-order chi connectivity index (χ0) is 10.7. The van der Waals surface area contributed by atoms with Crippen LogP contribution in [-0.4, -0.2) is 30.1 Å². The van der Waals surface area contributed by atoms with Crippen LogP contribution in [0.25, 0.3) is 0 Å². The van der Waals surface area contributed by atoms with Gasteiger partial charge in [0.15, 0.2) is 0 Å². The molecule has 1 nitrogen and oxygen atoms in total. The summed E-state index contributed by atoms with van der Waals surface area (Å²) in [7, 11) is 2.13. The molecule has 3 heteroatoms. The molecule has 0 aliphatic heterocycles. The lowest BCUT2D eigenvalue weighted by atomic mass is 10.2. The lowest BCUT2D eigenvalue weighted by Gasteiger charge is -2.41. The van der Waals surface area contributed by atoms with E-state index in [0.717, 1.165) is 6.54 Å². The second kappa shape index (κ2) is 6.30. The highest BCUT2D eigenvalue weighted by Gasteiger charge is 2.33. The van der Waals surface area contributed by atoms with Crippen molar-refractivity contribution in [2.24, 2.45) is 0 Å². The van der Waals surface area contributed by atoms with Crippen molar-refractivity contribution in [1.29, 1.82) is 0 Å². The molecule has 0 saturated heterocycles. The Morgan fingerprint density at radius 1 is 0.929 bits per heavy atom. The molecule has 0 aliphatic carbocycles. The molecular formula is C11H27ClNP. The van der Waals surface area contributed by atoms with Gasteiger partial charge < -0.3 is 5.32 Å². The SMILES string of the molecule is CNCCP(C(C)(C)C)C(C)(C)C.Cl. The average Bonchev–Trinajstić information content (AvgIpc) is 1.81. The molecule has 0 aromatic rings. The number of halogens is 1. The smallest absolute Gasteiger partial charge is 0.00121 e. The van der Waals surface area contributed by atoms with Crippen LogP contribution in [0.1, 0.15) is 41.5 Å². The third kappa shape index (κ3) is 6.22. The molecule has 88 valence electrons. The zero-order valence-corrected chi connectivity index (χ0v) is 12.5. The Hall–Kier alpha value is 0.680. The quantitative estimate of drug-likeness (QED) is 0.741. The van der Waals surface area contributed by atoms with Crippen LogP contribution >= 0.6 is 20.3 Å². The predicted molar refractivity (Wildman–Crippen MR) is 72.5 cm³/mol. The van der Waals surface area contributed by atoms with Crippen LogP contribution in [-0.2, 0) is 0 Å². The molecule has 0 spiro atoms. The van der Waals surface area contributed by atoms with Gasteiger partial charge in [0.25, 0.3) is 0 Å². The second-order valence-electron chi connectivity index (χ2n) is 5.60. The summed E-state index contributed by atoms with van der Waals surface area (Å²) in [6, 6.07) is 0. The Balaban J connectivity index is 0. The summed E-state index contributed by atoms with van der Waals surface area (Å²) in [6.07, 6.45) is 1.33. The minimum atomic E-state index is 0. The standard InChI is InChI=1S/C11H26NP.ClH/c1-10(2,3)13(9-8-12-7)11(4,5)6;/h12H,8-9H2,1-7H3;1H. The van der Waals surface area contributed by atoms with E-state index in [2.05, 4.69) is 46.9 Å². The molecule has 0 aliphatic rings. The first-order chi connectivity index (χ1) is 5.69. The first kappa shape index (κ1) is 17.1. The van der Waals surface area contributed by atoms with Gasteiger partial charge >= 0.3 is 0 Å². The van der Waals surface area contributed by atoms with Crippen molar-refractivity contribution in [2.45, 2.75) is 51.9 Å². The van der Waals surface area contributed by atoms with Crippen molar-refractivity contribution in [3.05, 3.63) is 0 Å². The fourth-order valence-electron chi connectivity index (χ4n) is 1.90. The molecule has 0 heterocycles. The van der Waals surface area contributed by atoms with Gasteiger partial charge in [-0.05, 0) is 30.1 Å². The van der Waals surface area contributed by atoms with Gasteiger partial charge in [-0.2, -0.15) is 0 Å². The summed E-state index contributed by atoms with van der Waals surface area (Å²) >= 11 is 0. The molecule has 0 unspecified atom stereocenters. The third-order valence-electron chi connectivity index (χ3n) is 2.20. The van der Waals surface area contributed by atoms with Crippen LogP contribution in [0.4, 0.5) is 0 Å². The van der Waals surface area contributed by atoms with E-state index in [-0.39, 0.29) is 20.3 Å². The summed E-state index contributed by atoms with van der Waals surface area (Å²) in [6.45, 7) is 15.4. The van der Waals surface area contributed by atoms with Crippen LogP contribution in [0, 0.1) is 0 Å². The maximum absolute atomic E-state index is 3.26. The van der Waals surface area contributed by atoms with Crippen LogP contribution in [0.3, 0.4) is 0 Å². The maximum Gasteiger partial charge on any atom is -0.00121 e. The summed E-state index contributed by atoms with van der Waals surface area (Å²) < 4.78 is 0. The molecule has 0 bridgehead atoms. The van der Waals surface area contributed by atoms with Crippen LogP contribution in [0.15, 0.2) is 0 Å². The lowest BCUT2D eigenvalue weighted by molar-refractivity contribution is 0.697. The molecule has 1 N–H and O–H groups in total. The summed E-state index contributed by atoms with van der Waals surface area (Å²) in [5.74, 6) is 0. The molecule has 0 rings (SSSR count). The molecule has 0 aromatic heterocycles. The summed E-state index contributed by atoms with van der Waals surface area (Å²) in [5, 5.41) is 4.21. The topological polar surface area (TPSA) is 12.0 Å². The van der Waals surface area contributed by atoms with Crippen LogP contribution in [0.2, 0.25) is 0 Å². The molecule has 14 heavy (non-hydrogen) atoms. The third-order valence-corrected chi connectivity index (χ3v) is 6.11. The Labute approximate surface area is 97.6 Å². The van der Waals surface area contributed by atoms with Crippen molar-refractivity contribution in [1.82, 2.24) is 5.32 Å². The Morgan fingerprint density at radius 3 is 1.50 bits per heavy atom. The van der Waals surface area contributed by atoms with Gasteiger partial charge in [-0.3, -0.25) is 0 Å². The average molecular weight is 240 g/mol. The minimum Gasteiger partial charge on any atom is -0.319 e. The molecule has 0 amide bonds. The summed E-state index contributed by atoms with van der Waals surface area (Å²) in [4.78, 5) is 0.